The van der Waals surface area contributed by atoms with Gasteiger partial charge in [-0.15, -0.1) is 11.3 Å². The number of nitrogens with zero attached hydrogens (tertiary/aromatic N) is 2. The lowest BCUT2D eigenvalue weighted by Crippen LogP contribution is -2.29. The van der Waals surface area contributed by atoms with Crippen molar-refractivity contribution in [2.24, 2.45) is 0 Å². The minimum absolute atomic E-state index is 0.154. The lowest BCUT2D eigenvalue weighted by Gasteiger charge is -2.27. The number of para-hydroxylation sites is 1. The van der Waals surface area contributed by atoms with Gasteiger partial charge in [-0.1, -0.05) is 18.2 Å². The Morgan fingerprint density at radius 2 is 1.92 bits per heavy atom. The Balaban J connectivity index is 1.85. The Labute approximate surface area is 162 Å². The van der Waals surface area contributed by atoms with Crippen molar-refractivity contribution in [2.75, 3.05) is 4.90 Å². The predicted octanol–water partition coefficient (Wildman–Crippen LogP) is 5.22. The van der Waals surface area contributed by atoms with Gasteiger partial charge in [0.2, 0.25) is 0 Å². The number of anilines is 1. The first kappa shape index (κ1) is 16.6. The van der Waals surface area contributed by atoms with Gasteiger partial charge in [-0.25, -0.2) is 4.39 Å². The number of hydrogen-bond acceptors (Lipinski definition) is 3. The highest BCUT2D eigenvalue weighted by molar-refractivity contribution is 9.11. The molecule has 0 amide bonds. The molecule has 0 bridgehead atoms. The quantitative estimate of drug-likeness (QED) is 0.572. The van der Waals surface area contributed by atoms with E-state index in [2.05, 4.69) is 26.2 Å². The molecule has 7 heteroatoms. The van der Waals surface area contributed by atoms with Crippen LogP contribution < -0.4 is 10.2 Å². The minimum Gasteiger partial charge on any atom is -0.351 e. The van der Waals surface area contributed by atoms with Crippen LogP contribution in [0.3, 0.4) is 0 Å². The van der Waals surface area contributed by atoms with Gasteiger partial charge in [-0.3, -0.25) is 4.98 Å². The third kappa shape index (κ3) is 3.07. The minimum atomic E-state index is -0.297. The number of pyridine rings is 1. The summed E-state index contributed by atoms with van der Waals surface area (Å²) in [5, 5.41) is 3.82. The van der Waals surface area contributed by atoms with Gasteiger partial charge in [0.15, 0.2) is 5.11 Å². The summed E-state index contributed by atoms with van der Waals surface area (Å²) in [4.78, 5) is 7.41. The zero-order valence-corrected chi connectivity index (χ0v) is 16.1. The molecule has 1 N–H and O–H groups in total. The van der Waals surface area contributed by atoms with Crippen molar-refractivity contribution >= 4 is 50.3 Å². The van der Waals surface area contributed by atoms with Crippen molar-refractivity contribution in [1.29, 1.82) is 0 Å². The molecule has 2 aromatic heterocycles. The van der Waals surface area contributed by atoms with Crippen LogP contribution in [0.5, 0.6) is 0 Å². The van der Waals surface area contributed by atoms with E-state index in [1.54, 1.807) is 29.7 Å². The molecule has 0 unspecified atom stereocenters. The van der Waals surface area contributed by atoms with E-state index in [1.807, 2.05) is 41.3 Å². The average Bonchev–Trinajstić information content (AvgIpc) is 3.19. The zero-order valence-electron chi connectivity index (χ0n) is 12.9. The fraction of sp³-hybridized carbons (Fsp3) is 0.111. The highest BCUT2D eigenvalue weighted by atomic mass is 79.9. The molecule has 1 saturated heterocycles. The van der Waals surface area contributed by atoms with Crippen molar-refractivity contribution < 1.29 is 4.39 Å². The van der Waals surface area contributed by atoms with Crippen molar-refractivity contribution in [3.63, 3.8) is 0 Å². The van der Waals surface area contributed by atoms with Gasteiger partial charge < -0.3 is 10.2 Å². The molecule has 4 rings (SSSR count). The Bertz CT molecular complexity index is 915. The highest BCUT2D eigenvalue weighted by Gasteiger charge is 2.42. The maximum atomic E-state index is 14.5. The van der Waals surface area contributed by atoms with Gasteiger partial charge in [0.05, 0.1) is 27.3 Å². The number of halogens is 2. The molecule has 1 aliphatic heterocycles. The van der Waals surface area contributed by atoms with E-state index in [9.17, 15) is 4.39 Å². The second-order valence-corrected chi connectivity index (χ2v) is 8.47. The van der Waals surface area contributed by atoms with Gasteiger partial charge in [0.1, 0.15) is 5.82 Å². The van der Waals surface area contributed by atoms with Crippen LogP contribution in [0.4, 0.5) is 10.1 Å². The first-order valence-corrected chi connectivity index (χ1v) is 9.67. The number of aromatic nitrogens is 1. The van der Waals surface area contributed by atoms with E-state index in [0.29, 0.717) is 10.8 Å². The molecule has 3 heterocycles. The van der Waals surface area contributed by atoms with Gasteiger partial charge in [-0.05, 0) is 64.5 Å². The van der Waals surface area contributed by atoms with Gasteiger partial charge in [0.25, 0.3) is 0 Å². The van der Waals surface area contributed by atoms with Gasteiger partial charge in [0, 0.05) is 11.1 Å². The van der Waals surface area contributed by atoms with Crippen LogP contribution in [0, 0.1) is 5.82 Å². The molecule has 1 aliphatic rings. The highest BCUT2D eigenvalue weighted by Crippen LogP contribution is 2.44. The second-order valence-electron chi connectivity index (χ2n) is 5.59. The first-order valence-electron chi connectivity index (χ1n) is 7.65. The maximum absolute atomic E-state index is 14.5. The summed E-state index contributed by atoms with van der Waals surface area (Å²) in [6.07, 6.45) is 1.76. The predicted molar refractivity (Wildman–Crippen MR) is 106 cm³/mol. The molecule has 3 nitrogen and oxygen atoms in total. The number of rotatable bonds is 3. The molecular weight excluding hydrogens is 421 g/mol. The molecular formula is C18H13BrFN3S2. The summed E-state index contributed by atoms with van der Waals surface area (Å²) < 4.78 is 15.5. The van der Waals surface area contributed by atoms with Crippen LogP contribution in [0.2, 0.25) is 0 Å². The zero-order chi connectivity index (χ0) is 17.4. The summed E-state index contributed by atoms with van der Waals surface area (Å²) >= 11 is 10.7. The summed E-state index contributed by atoms with van der Waals surface area (Å²) in [5.41, 5.74) is 1.34. The van der Waals surface area contributed by atoms with E-state index in [4.69, 9.17) is 12.2 Å². The summed E-state index contributed by atoms with van der Waals surface area (Å²) in [6.45, 7) is 0. The van der Waals surface area contributed by atoms with Crippen LogP contribution in [0.15, 0.2) is 64.6 Å². The molecule has 1 aromatic carbocycles. The smallest absolute Gasteiger partial charge is 0.174 e. The van der Waals surface area contributed by atoms with E-state index in [1.165, 1.54) is 6.07 Å². The summed E-state index contributed by atoms with van der Waals surface area (Å²) in [5.74, 6) is -0.297. The lowest BCUT2D eigenvalue weighted by molar-refractivity contribution is 0.565. The fourth-order valence-corrected chi connectivity index (χ4v) is 4.93. The Morgan fingerprint density at radius 1 is 1.12 bits per heavy atom. The fourth-order valence-electron chi connectivity index (χ4n) is 3.04. The molecule has 3 aromatic rings. The van der Waals surface area contributed by atoms with E-state index >= 15 is 0 Å². The average molecular weight is 434 g/mol. The number of thiophene rings is 1. The largest absolute Gasteiger partial charge is 0.351 e. The summed E-state index contributed by atoms with van der Waals surface area (Å²) in [7, 11) is 0. The molecule has 0 aliphatic carbocycles. The van der Waals surface area contributed by atoms with Crippen molar-refractivity contribution in [3.05, 3.63) is 81.0 Å². The third-order valence-electron chi connectivity index (χ3n) is 4.10. The maximum Gasteiger partial charge on any atom is 0.174 e. The lowest BCUT2D eigenvalue weighted by atomic mass is 10.0. The topological polar surface area (TPSA) is 28.2 Å². The van der Waals surface area contributed by atoms with Crippen molar-refractivity contribution in [2.45, 2.75) is 12.1 Å². The number of benzene rings is 1. The molecule has 0 radical (unpaired) electrons. The van der Waals surface area contributed by atoms with Crippen molar-refractivity contribution in [3.8, 4) is 0 Å². The van der Waals surface area contributed by atoms with Gasteiger partial charge >= 0.3 is 0 Å². The number of nitrogens with one attached hydrogen (secondary N) is 1. The van der Waals surface area contributed by atoms with E-state index < -0.39 is 0 Å². The molecule has 0 spiro atoms. The normalized spacial score (nSPS) is 19.9. The van der Waals surface area contributed by atoms with Crippen molar-refractivity contribution in [1.82, 2.24) is 10.3 Å². The SMILES string of the molecule is Fc1ccccc1N1C(=S)N[C@@H](c2ccccn2)[C@H]1c1ccc(Br)s1. The monoisotopic (exact) mass is 433 g/mol. The van der Waals surface area contributed by atoms with E-state index in [0.717, 1.165) is 14.4 Å². The number of hydrogen-bond donors (Lipinski definition) is 1. The molecule has 1 fully saturated rings. The Kier molecular flexibility index (Phi) is 4.54. The van der Waals surface area contributed by atoms with Crippen LogP contribution in [0.1, 0.15) is 22.7 Å². The first-order chi connectivity index (χ1) is 12.1. The van der Waals surface area contributed by atoms with Crippen LogP contribution in [0.25, 0.3) is 0 Å². The van der Waals surface area contributed by atoms with Crippen LogP contribution >= 0.6 is 39.5 Å². The van der Waals surface area contributed by atoms with Crippen LogP contribution in [-0.4, -0.2) is 10.1 Å². The second kappa shape index (κ2) is 6.82. The molecule has 25 heavy (non-hydrogen) atoms. The molecule has 2 atom stereocenters. The van der Waals surface area contributed by atoms with Crippen LogP contribution in [-0.2, 0) is 0 Å². The standard InChI is InChI=1S/C18H13BrFN3S2/c19-15-9-8-14(25-15)17-16(12-6-3-4-10-21-12)22-18(24)23(17)13-7-2-1-5-11(13)20/h1-10,16-17H,(H,22,24)/t16-,17+/m0/s1. The van der Waals surface area contributed by atoms with Gasteiger partial charge in [-0.2, -0.15) is 0 Å². The summed E-state index contributed by atoms with van der Waals surface area (Å²) in [6, 6.07) is 16.2. The molecule has 0 saturated carbocycles. The Morgan fingerprint density at radius 3 is 2.60 bits per heavy atom. The third-order valence-corrected chi connectivity index (χ3v) is 6.10. The number of thiocarbonyl (C=S) groups is 1. The molecule has 126 valence electrons. The Hall–Kier alpha value is -1.83. The van der Waals surface area contributed by atoms with E-state index in [-0.39, 0.29) is 17.9 Å².